The molecule has 1 saturated carbocycles. The van der Waals surface area contributed by atoms with Gasteiger partial charge in [-0.25, -0.2) is 4.79 Å². The van der Waals surface area contributed by atoms with Crippen LogP contribution in [0.2, 0.25) is 0 Å². The molecule has 0 radical (unpaired) electrons. The second-order valence-electron chi connectivity index (χ2n) is 5.56. The first-order chi connectivity index (χ1) is 8.53. The maximum absolute atomic E-state index is 12.0. The predicted octanol–water partition coefficient (Wildman–Crippen LogP) is 1.32. The molecule has 0 spiro atoms. The normalized spacial score (nSPS) is 36.3. The Labute approximate surface area is 107 Å². The average molecular weight is 255 g/mol. The lowest BCUT2D eigenvalue weighted by Crippen LogP contribution is -2.58. The zero-order valence-electron chi connectivity index (χ0n) is 10.8. The summed E-state index contributed by atoms with van der Waals surface area (Å²) in [5, 5.41) is 12.1. The highest BCUT2D eigenvalue weighted by molar-refractivity contribution is 5.89. The van der Waals surface area contributed by atoms with Gasteiger partial charge in [0, 0.05) is 6.61 Å². The van der Waals surface area contributed by atoms with Crippen molar-refractivity contribution in [1.82, 2.24) is 5.32 Å². The van der Waals surface area contributed by atoms with Crippen LogP contribution in [0.15, 0.2) is 0 Å². The van der Waals surface area contributed by atoms with E-state index in [1.54, 1.807) is 0 Å². The second-order valence-corrected chi connectivity index (χ2v) is 5.56. The van der Waals surface area contributed by atoms with Crippen LogP contribution in [0.3, 0.4) is 0 Å². The number of nitrogens with one attached hydrogen (secondary N) is 1. The molecule has 1 aliphatic carbocycles. The zero-order chi connectivity index (χ0) is 13.2. The minimum absolute atomic E-state index is 0.260. The standard InChI is InChI=1S/C13H21NO4/c1-9-4-6-13(7-5-9,12(16)17)14-11(15)10-3-2-8-18-10/h9-10H,2-8H2,1H3,(H,14,15)(H,16,17)/t9?,10-,13?/m1/s1. The molecule has 0 aromatic rings. The Kier molecular flexibility index (Phi) is 3.90. The highest BCUT2D eigenvalue weighted by Crippen LogP contribution is 2.32. The van der Waals surface area contributed by atoms with E-state index in [2.05, 4.69) is 12.2 Å². The summed E-state index contributed by atoms with van der Waals surface area (Å²) in [5.41, 5.74) is -1.07. The van der Waals surface area contributed by atoms with Crippen LogP contribution in [0.1, 0.15) is 45.4 Å². The highest BCUT2D eigenvalue weighted by atomic mass is 16.5. The molecule has 0 aromatic carbocycles. The number of carbonyl (C=O) groups is 2. The molecule has 1 saturated heterocycles. The Morgan fingerprint density at radius 3 is 2.44 bits per heavy atom. The summed E-state index contributed by atoms with van der Waals surface area (Å²) in [6, 6.07) is 0. The van der Waals surface area contributed by atoms with Gasteiger partial charge in [0.1, 0.15) is 11.6 Å². The van der Waals surface area contributed by atoms with E-state index < -0.39 is 17.6 Å². The molecule has 0 aromatic heterocycles. The van der Waals surface area contributed by atoms with Crippen LogP contribution >= 0.6 is 0 Å². The smallest absolute Gasteiger partial charge is 0.329 e. The van der Waals surface area contributed by atoms with E-state index in [0.29, 0.717) is 31.8 Å². The number of hydrogen-bond acceptors (Lipinski definition) is 3. The van der Waals surface area contributed by atoms with Gasteiger partial charge in [-0.2, -0.15) is 0 Å². The van der Waals surface area contributed by atoms with Crippen LogP contribution in [0, 0.1) is 5.92 Å². The van der Waals surface area contributed by atoms with Crippen LogP contribution in [-0.4, -0.2) is 35.2 Å². The molecule has 0 bridgehead atoms. The molecular weight excluding hydrogens is 234 g/mol. The van der Waals surface area contributed by atoms with E-state index in [9.17, 15) is 14.7 Å². The maximum Gasteiger partial charge on any atom is 0.329 e. The number of amides is 1. The fourth-order valence-corrected chi connectivity index (χ4v) is 2.75. The summed E-state index contributed by atoms with van der Waals surface area (Å²) in [7, 11) is 0. The lowest BCUT2D eigenvalue weighted by molar-refractivity contribution is -0.151. The van der Waals surface area contributed by atoms with Crippen LogP contribution in [-0.2, 0) is 14.3 Å². The molecule has 2 aliphatic rings. The zero-order valence-corrected chi connectivity index (χ0v) is 10.8. The third-order valence-corrected chi connectivity index (χ3v) is 4.12. The van der Waals surface area contributed by atoms with Crippen molar-refractivity contribution >= 4 is 11.9 Å². The predicted molar refractivity (Wildman–Crippen MR) is 65.1 cm³/mol. The van der Waals surface area contributed by atoms with Crippen molar-refractivity contribution in [2.24, 2.45) is 5.92 Å². The van der Waals surface area contributed by atoms with Gasteiger partial charge in [0.25, 0.3) is 0 Å². The third kappa shape index (κ3) is 2.66. The highest BCUT2D eigenvalue weighted by Gasteiger charge is 2.43. The largest absolute Gasteiger partial charge is 0.480 e. The summed E-state index contributed by atoms with van der Waals surface area (Å²) >= 11 is 0. The number of aliphatic carboxylic acids is 1. The Hall–Kier alpha value is -1.10. The van der Waals surface area contributed by atoms with Gasteiger partial charge >= 0.3 is 5.97 Å². The summed E-state index contributed by atoms with van der Waals surface area (Å²) in [5.74, 6) is -0.637. The molecule has 2 N–H and O–H groups in total. The van der Waals surface area contributed by atoms with E-state index in [1.165, 1.54) is 0 Å². The molecule has 1 atom stereocenters. The summed E-state index contributed by atoms with van der Waals surface area (Å²) < 4.78 is 5.30. The quantitative estimate of drug-likeness (QED) is 0.797. The number of ether oxygens (including phenoxy) is 1. The molecular formula is C13H21NO4. The summed E-state index contributed by atoms with van der Waals surface area (Å²) in [6.07, 6.45) is 3.83. The fourth-order valence-electron chi connectivity index (χ4n) is 2.75. The van der Waals surface area contributed by atoms with E-state index in [0.717, 1.165) is 19.3 Å². The first-order valence-corrected chi connectivity index (χ1v) is 6.70. The number of carboxylic acid groups (broad SMARTS) is 1. The molecule has 5 nitrogen and oxygen atoms in total. The van der Waals surface area contributed by atoms with Gasteiger partial charge in [-0.3, -0.25) is 4.79 Å². The van der Waals surface area contributed by atoms with Gasteiger partial charge in [-0.05, 0) is 44.4 Å². The van der Waals surface area contributed by atoms with Crippen molar-refractivity contribution in [1.29, 1.82) is 0 Å². The van der Waals surface area contributed by atoms with Crippen molar-refractivity contribution in [2.75, 3.05) is 6.61 Å². The number of carbonyl (C=O) groups excluding carboxylic acids is 1. The van der Waals surface area contributed by atoms with Crippen LogP contribution in [0.4, 0.5) is 0 Å². The monoisotopic (exact) mass is 255 g/mol. The Morgan fingerprint density at radius 1 is 1.28 bits per heavy atom. The fraction of sp³-hybridized carbons (Fsp3) is 0.846. The SMILES string of the molecule is CC1CCC(NC(=O)[C@H]2CCCO2)(C(=O)O)CC1. The topological polar surface area (TPSA) is 75.6 Å². The van der Waals surface area contributed by atoms with Crippen LogP contribution in [0.5, 0.6) is 0 Å². The number of rotatable bonds is 3. The minimum Gasteiger partial charge on any atom is -0.480 e. The molecule has 18 heavy (non-hydrogen) atoms. The lowest BCUT2D eigenvalue weighted by atomic mass is 9.77. The van der Waals surface area contributed by atoms with Gasteiger partial charge < -0.3 is 15.2 Å². The van der Waals surface area contributed by atoms with Crippen molar-refractivity contribution in [3.63, 3.8) is 0 Å². The van der Waals surface area contributed by atoms with Crippen LogP contribution in [0.25, 0.3) is 0 Å². The average Bonchev–Trinajstić information content (AvgIpc) is 2.85. The van der Waals surface area contributed by atoms with Gasteiger partial charge in [-0.15, -0.1) is 0 Å². The second kappa shape index (κ2) is 5.26. The van der Waals surface area contributed by atoms with Crippen molar-refractivity contribution < 1.29 is 19.4 Å². The molecule has 2 fully saturated rings. The van der Waals surface area contributed by atoms with Gasteiger partial charge in [0.2, 0.25) is 5.91 Å². The lowest BCUT2D eigenvalue weighted by Gasteiger charge is -2.37. The van der Waals surface area contributed by atoms with Gasteiger partial charge in [-0.1, -0.05) is 6.92 Å². The van der Waals surface area contributed by atoms with Crippen molar-refractivity contribution in [3.05, 3.63) is 0 Å². The number of carboxylic acids is 1. The van der Waals surface area contributed by atoms with E-state index in [1.807, 2.05) is 0 Å². The molecule has 2 rings (SSSR count). The molecule has 0 unspecified atom stereocenters. The van der Waals surface area contributed by atoms with Crippen LogP contribution < -0.4 is 5.32 Å². The molecule has 5 heteroatoms. The van der Waals surface area contributed by atoms with Crippen molar-refractivity contribution in [3.8, 4) is 0 Å². The first kappa shape index (κ1) is 13.3. The minimum atomic E-state index is -1.07. The Morgan fingerprint density at radius 2 is 1.94 bits per heavy atom. The summed E-state index contributed by atoms with van der Waals surface area (Å²) in [4.78, 5) is 23.5. The maximum atomic E-state index is 12.0. The van der Waals surface area contributed by atoms with Gasteiger partial charge in [0.05, 0.1) is 0 Å². The first-order valence-electron chi connectivity index (χ1n) is 6.70. The summed E-state index contributed by atoms with van der Waals surface area (Å²) in [6.45, 7) is 2.71. The molecule has 1 heterocycles. The van der Waals surface area contributed by atoms with Crippen molar-refractivity contribution in [2.45, 2.75) is 57.1 Å². The molecule has 102 valence electrons. The Bertz CT molecular complexity index is 328. The van der Waals surface area contributed by atoms with E-state index in [-0.39, 0.29) is 5.91 Å². The van der Waals surface area contributed by atoms with E-state index in [4.69, 9.17) is 4.74 Å². The van der Waals surface area contributed by atoms with E-state index >= 15 is 0 Å². The number of hydrogen-bond donors (Lipinski definition) is 2. The Balaban J connectivity index is 2.01. The molecule has 1 aliphatic heterocycles. The third-order valence-electron chi connectivity index (χ3n) is 4.12. The van der Waals surface area contributed by atoms with Gasteiger partial charge in [0.15, 0.2) is 0 Å². The molecule has 1 amide bonds.